The number of nitrogens with zero attached hydrogens (tertiary/aromatic N) is 1. The summed E-state index contributed by atoms with van der Waals surface area (Å²) in [6.07, 6.45) is 4.27. The van der Waals surface area contributed by atoms with Crippen LogP contribution >= 0.6 is 0 Å². The molecule has 1 aromatic carbocycles. The number of hydrogen-bond donors (Lipinski definition) is 1. The predicted molar refractivity (Wildman–Crippen MR) is 102 cm³/mol. The van der Waals surface area contributed by atoms with Gasteiger partial charge in [-0.25, -0.2) is 13.2 Å². The maximum absolute atomic E-state index is 12.9. The molecule has 0 bridgehead atoms. The summed E-state index contributed by atoms with van der Waals surface area (Å²) in [6.45, 7) is -0.371. The molecule has 0 unspecified atom stereocenters. The van der Waals surface area contributed by atoms with Gasteiger partial charge >= 0.3 is 5.97 Å². The number of esters is 1. The van der Waals surface area contributed by atoms with Crippen molar-refractivity contribution in [3.05, 3.63) is 29.8 Å². The molecule has 148 valence electrons. The third-order valence-corrected chi connectivity index (χ3v) is 7.10. The quantitative estimate of drug-likeness (QED) is 0.740. The zero-order valence-electron chi connectivity index (χ0n) is 15.5. The van der Waals surface area contributed by atoms with E-state index in [1.807, 2.05) is 0 Å². The van der Waals surface area contributed by atoms with Gasteiger partial charge in [0.1, 0.15) is 0 Å². The molecular weight excluding hydrogens is 368 g/mol. The minimum atomic E-state index is -3.10. The van der Waals surface area contributed by atoms with Gasteiger partial charge in [0.15, 0.2) is 16.4 Å². The van der Waals surface area contributed by atoms with Crippen molar-refractivity contribution in [2.75, 3.05) is 30.5 Å². The lowest BCUT2D eigenvalue weighted by Gasteiger charge is -2.33. The molecule has 1 N–H and O–H groups in total. The highest BCUT2D eigenvalue weighted by Crippen LogP contribution is 2.29. The number of para-hydroxylation sites is 1. The Bertz CT molecular complexity index is 802. The summed E-state index contributed by atoms with van der Waals surface area (Å²) in [5.41, 5.74) is 0.994. The lowest BCUT2D eigenvalue weighted by atomic mass is 10.1. The molecule has 2 aliphatic rings. The van der Waals surface area contributed by atoms with Crippen LogP contribution in [0.25, 0.3) is 0 Å². The number of anilines is 1. The molecule has 2 fully saturated rings. The summed E-state index contributed by atoms with van der Waals surface area (Å²) < 4.78 is 29.0. The summed E-state index contributed by atoms with van der Waals surface area (Å²) in [4.78, 5) is 26.9. The summed E-state index contributed by atoms with van der Waals surface area (Å²) in [6, 6.07) is 6.65. The van der Waals surface area contributed by atoms with Crippen LogP contribution < -0.4 is 5.32 Å². The number of nitrogens with one attached hydrogen (secondary N) is 1. The Morgan fingerprint density at radius 1 is 1.15 bits per heavy atom. The van der Waals surface area contributed by atoms with Gasteiger partial charge in [-0.3, -0.25) is 4.79 Å². The molecule has 1 saturated carbocycles. The van der Waals surface area contributed by atoms with Crippen LogP contribution in [-0.4, -0.2) is 62.4 Å². The Kier molecular flexibility index (Phi) is 6.04. The van der Waals surface area contributed by atoms with Crippen LogP contribution in [0.5, 0.6) is 0 Å². The van der Waals surface area contributed by atoms with Crippen molar-refractivity contribution >= 4 is 27.4 Å². The summed E-state index contributed by atoms with van der Waals surface area (Å²) in [5.74, 6) is -0.757. The first-order chi connectivity index (χ1) is 12.9. The van der Waals surface area contributed by atoms with Crippen molar-refractivity contribution in [3.63, 3.8) is 0 Å². The van der Waals surface area contributed by atoms with Gasteiger partial charge in [0.2, 0.25) is 0 Å². The third kappa shape index (κ3) is 4.61. The number of rotatable bonds is 6. The van der Waals surface area contributed by atoms with Gasteiger partial charge < -0.3 is 15.0 Å². The van der Waals surface area contributed by atoms with Gasteiger partial charge in [0.05, 0.1) is 17.1 Å². The van der Waals surface area contributed by atoms with E-state index in [1.54, 1.807) is 36.2 Å². The highest BCUT2D eigenvalue weighted by atomic mass is 32.2. The minimum absolute atomic E-state index is 0.00573. The fourth-order valence-corrected chi connectivity index (χ4v) is 5.75. The van der Waals surface area contributed by atoms with E-state index >= 15 is 0 Å². The molecule has 1 aliphatic heterocycles. The molecule has 0 radical (unpaired) electrons. The monoisotopic (exact) mass is 394 g/mol. The molecule has 0 spiro atoms. The Balaban J connectivity index is 1.68. The average Bonchev–Trinajstić information content (AvgIpc) is 3.30. The van der Waals surface area contributed by atoms with Crippen LogP contribution in [-0.2, 0) is 19.4 Å². The van der Waals surface area contributed by atoms with Crippen molar-refractivity contribution < 1.29 is 22.7 Å². The van der Waals surface area contributed by atoms with Gasteiger partial charge in [-0.05, 0) is 31.4 Å². The highest BCUT2D eigenvalue weighted by molar-refractivity contribution is 7.91. The first kappa shape index (κ1) is 19.7. The maximum Gasteiger partial charge on any atom is 0.340 e. The first-order valence-electron chi connectivity index (χ1n) is 9.37. The molecule has 1 amide bonds. The number of hydrogen-bond acceptors (Lipinski definition) is 6. The lowest BCUT2D eigenvalue weighted by Crippen LogP contribution is -2.48. The fraction of sp³-hybridized carbons (Fsp3) is 0.579. The van der Waals surface area contributed by atoms with E-state index in [0.717, 1.165) is 25.7 Å². The fourth-order valence-electron chi connectivity index (χ4n) is 4.04. The van der Waals surface area contributed by atoms with Crippen molar-refractivity contribution in [2.45, 2.75) is 44.2 Å². The van der Waals surface area contributed by atoms with Gasteiger partial charge in [0.25, 0.3) is 5.91 Å². The molecule has 1 heterocycles. The second-order valence-electron chi connectivity index (χ2n) is 7.17. The average molecular weight is 394 g/mol. The maximum atomic E-state index is 12.9. The van der Waals surface area contributed by atoms with Crippen LogP contribution in [0.3, 0.4) is 0 Å². The SMILES string of the molecule is CNc1ccccc1C(=O)OCC(=O)N(C1CCCC1)[C@@H]1CCS(=O)(=O)C1. The van der Waals surface area contributed by atoms with Crippen LogP contribution in [0.4, 0.5) is 5.69 Å². The molecule has 8 heteroatoms. The number of carbonyl (C=O) groups is 2. The molecule has 1 aliphatic carbocycles. The number of ether oxygens (including phenoxy) is 1. The van der Waals surface area contributed by atoms with E-state index in [0.29, 0.717) is 17.7 Å². The summed E-state index contributed by atoms with van der Waals surface area (Å²) in [5, 5.41) is 2.92. The molecule has 3 rings (SSSR count). The smallest absolute Gasteiger partial charge is 0.340 e. The van der Waals surface area contributed by atoms with Crippen LogP contribution in [0, 0.1) is 0 Å². The molecule has 7 nitrogen and oxygen atoms in total. The zero-order chi connectivity index (χ0) is 19.4. The molecule has 1 aromatic rings. The van der Waals surface area contributed by atoms with E-state index in [1.165, 1.54) is 0 Å². The van der Waals surface area contributed by atoms with Gasteiger partial charge in [-0.2, -0.15) is 0 Å². The number of amides is 1. The minimum Gasteiger partial charge on any atom is -0.452 e. The van der Waals surface area contributed by atoms with Crippen molar-refractivity contribution in [1.29, 1.82) is 0 Å². The largest absolute Gasteiger partial charge is 0.452 e. The van der Waals surface area contributed by atoms with Crippen molar-refractivity contribution in [3.8, 4) is 0 Å². The van der Waals surface area contributed by atoms with Crippen molar-refractivity contribution in [1.82, 2.24) is 4.90 Å². The predicted octanol–water partition coefficient (Wildman–Crippen LogP) is 1.84. The van der Waals surface area contributed by atoms with E-state index in [4.69, 9.17) is 4.74 Å². The van der Waals surface area contributed by atoms with E-state index in [-0.39, 0.29) is 36.1 Å². The summed E-state index contributed by atoms with van der Waals surface area (Å²) >= 11 is 0. The van der Waals surface area contributed by atoms with E-state index in [9.17, 15) is 18.0 Å². The van der Waals surface area contributed by atoms with Crippen LogP contribution in [0.15, 0.2) is 24.3 Å². The first-order valence-corrected chi connectivity index (χ1v) is 11.2. The lowest BCUT2D eigenvalue weighted by molar-refractivity contribution is -0.139. The van der Waals surface area contributed by atoms with Crippen LogP contribution in [0.2, 0.25) is 0 Å². The number of sulfone groups is 1. The van der Waals surface area contributed by atoms with Gasteiger partial charge in [-0.1, -0.05) is 25.0 Å². The molecule has 1 saturated heterocycles. The Labute approximate surface area is 160 Å². The second kappa shape index (κ2) is 8.29. The number of carbonyl (C=O) groups excluding carboxylic acids is 2. The Morgan fingerprint density at radius 3 is 2.48 bits per heavy atom. The van der Waals surface area contributed by atoms with E-state index in [2.05, 4.69) is 5.32 Å². The van der Waals surface area contributed by atoms with Crippen molar-refractivity contribution in [2.24, 2.45) is 0 Å². The molecule has 0 aromatic heterocycles. The Morgan fingerprint density at radius 2 is 1.85 bits per heavy atom. The van der Waals surface area contributed by atoms with Gasteiger partial charge in [0, 0.05) is 24.8 Å². The number of benzene rings is 1. The van der Waals surface area contributed by atoms with Crippen LogP contribution in [0.1, 0.15) is 42.5 Å². The molecule has 1 atom stereocenters. The third-order valence-electron chi connectivity index (χ3n) is 5.35. The highest BCUT2D eigenvalue weighted by Gasteiger charge is 2.39. The standard InChI is InChI=1S/C19H26N2O5S/c1-20-17-9-5-4-8-16(17)19(23)26-12-18(22)21(14-6-2-3-7-14)15-10-11-27(24,25)13-15/h4-5,8-9,14-15,20H,2-3,6-7,10-13H2,1H3/t15-/m1/s1. The molecular formula is C19H26N2O5S. The summed E-state index contributed by atoms with van der Waals surface area (Å²) in [7, 11) is -1.39. The Hall–Kier alpha value is -2.09. The topological polar surface area (TPSA) is 92.8 Å². The van der Waals surface area contributed by atoms with Gasteiger partial charge in [-0.15, -0.1) is 0 Å². The second-order valence-corrected chi connectivity index (χ2v) is 9.40. The zero-order valence-corrected chi connectivity index (χ0v) is 16.3. The van der Waals surface area contributed by atoms with E-state index < -0.39 is 15.8 Å². The molecule has 27 heavy (non-hydrogen) atoms. The normalized spacial score (nSPS) is 21.7.